The summed E-state index contributed by atoms with van der Waals surface area (Å²) in [4.78, 5) is 18.2. The van der Waals surface area contributed by atoms with E-state index in [2.05, 4.69) is 17.2 Å². The van der Waals surface area contributed by atoms with Crippen LogP contribution in [0.3, 0.4) is 0 Å². The fourth-order valence-electron chi connectivity index (χ4n) is 5.11. The Balaban J connectivity index is 2.00. The maximum Gasteiger partial charge on any atom is 0.417 e. The van der Waals surface area contributed by atoms with Crippen molar-refractivity contribution in [1.82, 2.24) is 5.32 Å². The molecule has 3 rings (SSSR count). The highest BCUT2D eigenvalue weighted by molar-refractivity contribution is 6.09. The monoisotopic (exact) mass is 594 g/mol. The van der Waals surface area contributed by atoms with Crippen LogP contribution in [0.5, 0.6) is 5.75 Å². The van der Waals surface area contributed by atoms with E-state index in [0.29, 0.717) is 52.8 Å². The Kier molecular flexibility index (Phi) is 10.8. The van der Waals surface area contributed by atoms with E-state index in [1.54, 1.807) is 30.1 Å². The Labute approximate surface area is 250 Å². The second-order valence-corrected chi connectivity index (χ2v) is 10.3. The molecule has 1 aliphatic heterocycles. The number of halogens is 3. The van der Waals surface area contributed by atoms with Crippen molar-refractivity contribution in [2.75, 3.05) is 24.4 Å². The van der Waals surface area contributed by atoms with Gasteiger partial charge in [0.1, 0.15) is 17.9 Å². The van der Waals surface area contributed by atoms with Crippen LogP contribution in [0, 0.1) is 16.7 Å². The zero-order valence-electron chi connectivity index (χ0n) is 25.0. The predicted octanol–water partition coefficient (Wildman–Crippen LogP) is 6.83. The van der Waals surface area contributed by atoms with Gasteiger partial charge in [0.05, 0.1) is 47.3 Å². The summed E-state index contributed by atoms with van der Waals surface area (Å²) in [5.74, 6) is 0.985. The van der Waals surface area contributed by atoms with Crippen LogP contribution < -0.4 is 20.3 Å². The number of likely N-dealkylation sites (N-methyl/N-ethyl adjacent to an activating group) is 1. The van der Waals surface area contributed by atoms with Crippen LogP contribution in [-0.2, 0) is 11.0 Å². The van der Waals surface area contributed by atoms with Crippen LogP contribution >= 0.6 is 0 Å². The number of carbonyl (C=O) groups is 1. The first-order chi connectivity index (χ1) is 20.4. The van der Waals surface area contributed by atoms with E-state index >= 15 is 0 Å². The van der Waals surface area contributed by atoms with Crippen LogP contribution in [0.1, 0.15) is 63.1 Å². The molecule has 0 aromatic heterocycles. The molecule has 0 aliphatic carbocycles. The third-order valence-corrected chi connectivity index (χ3v) is 7.46. The van der Waals surface area contributed by atoms with Crippen molar-refractivity contribution in [3.05, 3.63) is 76.6 Å². The first kappa shape index (κ1) is 32.9. The van der Waals surface area contributed by atoms with Gasteiger partial charge in [0, 0.05) is 36.6 Å². The minimum atomic E-state index is -4.69. The van der Waals surface area contributed by atoms with Gasteiger partial charge in [-0.2, -0.15) is 18.4 Å². The molecule has 2 unspecified atom stereocenters. The smallest absolute Gasteiger partial charge is 0.417 e. The third kappa shape index (κ3) is 7.44. The predicted molar refractivity (Wildman–Crippen MR) is 164 cm³/mol. The molecule has 2 aromatic carbocycles. The number of allylic oxidation sites excluding steroid dienone is 2. The van der Waals surface area contributed by atoms with Gasteiger partial charge in [0.15, 0.2) is 0 Å². The molecule has 1 aliphatic rings. The summed E-state index contributed by atoms with van der Waals surface area (Å²) in [7, 11) is 3.21. The lowest BCUT2D eigenvalue weighted by Crippen LogP contribution is -2.45. The number of hydrogen-bond donors (Lipinski definition) is 3. The molecule has 0 bridgehead atoms. The number of nitrogens with one attached hydrogen (secondary N) is 3. The van der Waals surface area contributed by atoms with Crippen LogP contribution in [0.15, 0.2) is 64.9 Å². The number of aliphatic imine (C=N–C) groups is 1. The van der Waals surface area contributed by atoms with Gasteiger partial charge in [-0.3, -0.25) is 0 Å². The number of hydrogen-bond acceptors (Lipinski definition) is 8. The summed E-state index contributed by atoms with van der Waals surface area (Å²) in [6, 6.07) is 9.70. The highest BCUT2D eigenvalue weighted by Crippen LogP contribution is 2.35. The zero-order chi connectivity index (χ0) is 31.9. The topological polar surface area (TPSA) is 114 Å². The summed E-state index contributed by atoms with van der Waals surface area (Å²) in [5.41, 5.74) is 2.42. The Hall–Kier alpha value is -4.59. The first-order valence-electron chi connectivity index (χ1n) is 14.0. The molecule has 0 saturated heterocycles. The third-order valence-electron chi connectivity index (χ3n) is 7.46. The minimum absolute atomic E-state index is 0.0862. The van der Waals surface area contributed by atoms with Gasteiger partial charge in [-0.25, -0.2) is 4.99 Å². The standard InChI is InChI=1S/C32H37F3N6O2/c1-7-9-26(37)30-19(3)20(4)38-31(40-30)24-16-22(11-13-29(24)43-6)39-27(14-15-42)28(8-2)41(5)23-12-10-21(18-36)25(17-23)32(33,34)35/h10-13,15-17,27-28,37,39H,4,7-9,14H2,1-3,5-6H3,(H,38,40). The number of rotatable bonds is 13. The van der Waals surface area contributed by atoms with E-state index < -0.39 is 23.3 Å². The van der Waals surface area contributed by atoms with Crippen molar-refractivity contribution < 1.29 is 22.7 Å². The van der Waals surface area contributed by atoms with E-state index in [1.807, 2.05) is 26.8 Å². The van der Waals surface area contributed by atoms with E-state index in [9.17, 15) is 23.2 Å². The highest BCUT2D eigenvalue weighted by atomic mass is 19.4. The number of benzene rings is 2. The zero-order valence-corrected chi connectivity index (χ0v) is 25.0. The average molecular weight is 595 g/mol. The second kappa shape index (κ2) is 14.1. The molecule has 0 radical (unpaired) electrons. The molecule has 0 fully saturated rings. The molecule has 228 valence electrons. The van der Waals surface area contributed by atoms with Gasteiger partial charge in [-0.05, 0) is 61.7 Å². The maximum absolute atomic E-state index is 13.7. The van der Waals surface area contributed by atoms with Crippen molar-refractivity contribution in [1.29, 1.82) is 10.7 Å². The molecule has 11 heteroatoms. The van der Waals surface area contributed by atoms with Gasteiger partial charge in [0.2, 0.25) is 0 Å². The van der Waals surface area contributed by atoms with Gasteiger partial charge < -0.3 is 30.5 Å². The Morgan fingerprint density at radius 1 is 1.28 bits per heavy atom. The SMILES string of the molecule is C=C1NC(c2cc(NC(CC=O)C(CC)N(C)c3ccc(C#N)c(C(F)(F)F)c3)ccc2OC)=NC(C(=N)CCC)=C1C. The molecule has 0 spiro atoms. The summed E-state index contributed by atoms with van der Waals surface area (Å²) >= 11 is 0. The summed E-state index contributed by atoms with van der Waals surface area (Å²) in [6.45, 7) is 9.84. The number of anilines is 2. The number of alkyl halides is 3. The van der Waals surface area contributed by atoms with Crippen LogP contribution in [0.25, 0.3) is 0 Å². The van der Waals surface area contributed by atoms with E-state index in [1.165, 1.54) is 13.2 Å². The molecule has 0 amide bonds. The lowest BCUT2D eigenvalue weighted by Gasteiger charge is -2.36. The Bertz CT molecular complexity index is 1490. The van der Waals surface area contributed by atoms with Crippen molar-refractivity contribution in [2.45, 2.75) is 64.7 Å². The molecular weight excluding hydrogens is 557 g/mol. The Morgan fingerprint density at radius 2 is 2.00 bits per heavy atom. The largest absolute Gasteiger partial charge is 0.496 e. The van der Waals surface area contributed by atoms with Gasteiger partial charge in [-0.15, -0.1) is 0 Å². The van der Waals surface area contributed by atoms with Crippen molar-refractivity contribution in [3.63, 3.8) is 0 Å². The quantitative estimate of drug-likeness (QED) is 0.173. The lowest BCUT2D eigenvalue weighted by molar-refractivity contribution is -0.137. The number of ether oxygens (including phenoxy) is 1. The number of nitrogens with zero attached hydrogens (tertiary/aromatic N) is 3. The number of nitriles is 1. The minimum Gasteiger partial charge on any atom is -0.496 e. The summed E-state index contributed by atoms with van der Waals surface area (Å²) in [5, 5.41) is 24.3. The summed E-state index contributed by atoms with van der Waals surface area (Å²) in [6.07, 6.45) is -1.95. The van der Waals surface area contributed by atoms with E-state index in [-0.39, 0.29) is 18.2 Å². The van der Waals surface area contributed by atoms with Crippen molar-refractivity contribution in [2.24, 2.45) is 4.99 Å². The van der Waals surface area contributed by atoms with Gasteiger partial charge >= 0.3 is 6.18 Å². The number of amidine groups is 1. The Morgan fingerprint density at radius 3 is 2.58 bits per heavy atom. The number of methoxy groups -OCH3 is 1. The molecular formula is C32H37F3N6O2. The first-order valence-corrected chi connectivity index (χ1v) is 14.0. The highest BCUT2D eigenvalue weighted by Gasteiger charge is 2.35. The van der Waals surface area contributed by atoms with Crippen LogP contribution in [0.2, 0.25) is 0 Å². The maximum atomic E-state index is 13.7. The fourth-order valence-corrected chi connectivity index (χ4v) is 5.11. The van der Waals surface area contributed by atoms with E-state index in [4.69, 9.17) is 15.1 Å². The van der Waals surface area contributed by atoms with Crippen molar-refractivity contribution in [3.8, 4) is 11.8 Å². The van der Waals surface area contributed by atoms with Crippen molar-refractivity contribution >= 4 is 29.2 Å². The van der Waals surface area contributed by atoms with Crippen LogP contribution in [0.4, 0.5) is 24.5 Å². The van der Waals surface area contributed by atoms with Gasteiger partial charge in [-0.1, -0.05) is 26.8 Å². The fraction of sp³-hybridized carbons (Fsp3) is 0.375. The molecule has 1 heterocycles. The number of carbonyl (C=O) groups excluding carboxylic acids is 1. The van der Waals surface area contributed by atoms with E-state index in [0.717, 1.165) is 30.4 Å². The van der Waals surface area contributed by atoms with Crippen LogP contribution in [-0.4, -0.2) is 44.1 Å². The lowest BCUT2D eigenvalue weighted by atomic mass is 9.98. The number of aldehydes is 1. The molecule has 3 N–H and O–H groups in total. The second-order valence-electron chi connectivity index (χ2n) is 10.3. The molecule has 2 atom stereocenters. The normalized spacial score (nSPS) is 14.7. The van der Waals surface area contributed by atoms with Gasteiger partial charge in [0.25, 0.3) is 0 Å². The molecule has 43 heavy (non-hydrogen) atoms. The molecule has 2 aromatic rings. The molecule has 8 nitrogen and oxygen atoms in total. The summed E-state index contributed by atoms with van der Waals surface area (Å²) < 4.78 is 46.6. The average Bonchev–Trinajstić information content (AvgIpc) is 2.98. The molecule has 0 saturated carbocycles.